The van der Waals surface area contributed by atoms with Crippen LogP contribution in [0, 0.1) is 24.0 Å². The van der Waals surface area contributed by atoms with Gasteiger partial charge in [-0.2, -0.15) is 4.31 Å². The molecule has 29 heavy (non-hydrogen) atoms. The summed E-state index contributed by atoms with van der Waals surface area (Å²) in [5.41, 5.74) is 2.62. The Hall–Kier alpha value is -2.78. The largest absolute Gasteiger partial charge is 0.340 e. The molecule has 1 heterocycles. The fraction of sp³-hybridized carbons (Fsp3) is 0.350. The van der Waals surface area contributed by atoms with Crippen molar-refractivity contribution in [1.82, 2.24) is 9.21 Å². The van der Waals surface area contributed by atoms with Crippen molar-refractivity contribution in [3.8, 4) is 0 Å². The third kappa shape index (κ3) is 4.63. The average Bonchev–Trinajstić information content (AvgIpc) is 2.70. The van der Waals surface area contributed by atoms with E-state index >= 15 is 0 Å². The van der Waals surface area contributed by atoms with Gasteiger partial charge in [-0.15, -0.1) is 0 Å². The second-order valence-corrected chi connectivity index (χ2v) is 9.07. The summed E-state index contributed by atoms with van der Waals surface area (Å²) in [5, 5.41) is 10.7. The zero-order valence-electron chi connectivity index (χ0n) is 16.4. The fourth-order valence-corrected chi connectivity index (χ4v) is 4.73. The van der Waals surface area contributed by atoms with Gasteiger partial charge in [-0.25, -0.2) is 8.42 Å². The Morgan fingerprint density at radius 2 is 1.62 bits per heavy atom. The van der Waals surface area contributed by atoms with Crippen LogP contribution in [-0.4, -0.2) is 54.6 Å². The van der Waals surface area contributed by atoms with Gasteiger partial charge in [0.05, 0.1) is 16.2 Å². The molecule has 2 aromatic carbocycles. The maximum absolute atomic E-state index is 12.9. The molecule has 9 heteroatoms. The number of hydrogen-bond donors (Lipinski definition) is 0. The van der Waals surface area contributed by atoms with Crippen LogP contribution in [0.25, 0.3) is 0 Å². The van der Waals surface area contributed by atoms with Crippen molar-refractivity contribution in [2.24, 2.45) is 0 Å². The van der Waals surface area contributed by atoms with Crippen LogP contribution in [0.15, 0.2) is 47.4 Å². The Morgan fingerprint density at radius 3 is 2.17 bits per heavy atom. The summed E-state index contributed by atoms with van der Waals surface area (Å²) in [7, 11) is -3.59. The molecule has 8 nitrogen and oxygen atoms in total. The van der Waals surface area contributed by atoms with Gasteiger partial charge in [-0.05, 0) is 42.7 Å². The van der Waals surface area contributed by atoms with Crippen LogP contribution in [0.2, 0.25) is 0 Å². The lowest BCUT2D eigenvalue weighted by Crippen LogP contribution is -2.50. The van der Waals surface area contributed by atoms with E-state index in [0.717, 1.165) is 11.1 Å². The van der Waals surface area contributed by atoms with Crippen molar-refractivity contribution in [1.29, 1.82) is 0 Å². The Morgan fingerprint density at radius 1 is 1.00 bits per heavy atom. The minimum absolute atomic E-state index is 0.0219. The standard InChI is InChI=1S/C20H23N3O5S/c1-15-3-8-19(13-16(15)2)29(27,28)22-11-9-21(10-12-22)20(24)14-17-4-6-18(7-5-17)23(25)26/h3-8,13H,9-12,14H2,1-2H3. The van der Waals surface area contributed by atoms with Crippen molar-refractivity contribution >= 4 is 21.6 Å². The topological polar surface area (TPSA) is 101 Å². The van der Waals surface area contributed by atoms with Crippen LogP contribution < -0.4 is 0 Å². The molecule has 2 aromatic rings. The maximum Gasteiger partial charge on any atom is 0.269 e. The van der Waals surface area contributed by atoms with E-state index in [0.29, 0.717) is 18.7 Å². The van der Waals surface area contributed by atoms with Gasteiger partial charge in [0.25, 0.3) is 5.69 Å². The first-order valence-corrected chi connectivity index (χ1v) is 10.7. The van der Waals surface area contributed by atoms with E-state index in [2.05, 4.69) is 0 Å². The van der Waals surface area contributed by atoms with Crippen LogP contribution in [0.4, 0.5) is 5.69 Å². The second-order valence-electron chi connectivity index (χ2n) is 7.13. The molecule has 0 bridgehead atoms. The van der Waals surface area contributed by atoms with Gasteiger partial charge in [-0.1, -0.05) is 18.2 Å². The molecule has 1 aliphatic heterocycles. The van der Waals surface area contributed by atoms with Gasteiger partial charge in [-0.3, -0.25) is 14.9 Å². The lowest BCUT2D eigenvalue weighted by molar-refractivity contribution is -0.384. The first kappa shape index (κ1) is 20.9. The molecule has 1 aliphatic rings. The number of carbonyl (C=O) groups excluding carboxylic acids is 1. The van der Waals surface area contributed by atoms with Crippen molar-refractivity contribution in [2.45, 2.75) is 25.2 Å². The van der Waals surface area contributed by atoms with Crippen molar-refractivity contribution in [3.05, 3.63) is 69.3 Å². The molecular weight excluding hydrogens is 394 g/mol. The molecule has 154 valence electrons. The number of nitro groups is 1. The first-order chi connectivity index (χ1) is 13.7. The van der Waals surface area contributed by atoms with Crippen molar-refractivity contribution < 1.29 is 18.1 Å². The molecular formula is C20H23N3O5S. The highest BCUT2D eigenvalue weighted by Gasteiger charge is 2.30. The van der Waals surface area contributed by atoms with Crippen LogP contribution in [0.3, 0.4) is 0 Å². The van der Waals surface area contributed by atoms with Gasteiger partial charge in [0, 0.05) is 38.3 Å². The lowest BCUT2D eigenvalue weighted by atomic mass is 10.1. The Kier molecular flexibility index (Phi) is 5.99. The van der Waals surface area contributed by atoms with E-state index in [9.17, 15) is 23.3 Å². The molecule has 0 atom stereocenters. The third-order valence-corrected chi connectivity index (χ3v) is 7.10. The predicted molar refractivity (Wildman–Crippen MR) is 108 cm³/mol. The number of benzene rings is 2. The molecule has 1 fully saturated rings. The summed E-state index contributed by atoms with van der Waals surface area (Å²) < 4.78 is 27.2. The summed E-state index contributed by atoms with van der Waals surface area (Å²) in [6.07, 6.45) is 0.127. The molecule has 0 spiro atoms. The number of amides is 1. The zero-order valence-corrected chi connectivity index (χ0v) is 17.2. The van der Waals surface area contributed by atoms with Crippen molar-refractivity contribution in [3.63, 3.8) is 0 Å². The molecule has 0 unspecified atom stereocenters. The van der Waals surface area contributed by atoms with Gasteiger partial charge < -0.3 is 4.90 Å². The number of nitro benzene ring substituents is 1. The van der Waals surface area contributed by atoms with Gasteiger partial charge in [0.1, 0.15) is 0 Å². The van der Waals surface area contributed by atoms with E-state index in [1.54, 1.807) is 35.2 Å². The minimum Gasteiger partial charge on any atom is -0.340 e. The van der Waals surface area contributed by atoms with Gasteiger partial charge in [0.15, 0.2) is 0 Å². The summed E-state index contributed by atoms with van der Waals surface area (Å²) in [4.78, 5) is 24.6. The number of nitrogens with zero attached hydrogens (tertiary/aromatic N) is 3. The average molecular weight is 417 g/mol. The van der Waals surface area contributed by atoms with Crippen LogP contribution >= 0.6 is 0 Å². The summed E-state index contributed by atoms with van der Waals surface area (Å²) in [5.74, 6) is -0.123. The fourth-order valence-electron chi connectivity index (χ4n) is 3.22. The number of carbonyl (C=O) groups is 1. The smallest absolute Gasteiger partial charge is 0.269 e. The Balaban J connectivity index is 1.61. The summed E-state index contributed by atoms with van der Waals surface area (Å²) in [6.45, 7) is 4.92. The molecule has 1 amide bonds. The van der Waals surface area contributed by atoms with Crippen LogP contribution in [-0.2, 0) is 21.2 Å². The van der Waals surface area contributed by atoms with E-state index < -0.39 is 14.9 Å². The van der Waals surface area contributed by atoms with E-state index in [1.165, 1.54) is 16.4 Å². The van der Waals surface area contributed by atoms with E-state index in [4.69, 9.17) is 0 Å². The molecule has 0 aromatic heterocycles. The van der Waals surface area contributed by atoms with E-state index in [1.807, 2.05) is 13.8 Å². The predicted octanol–water partition coefficient (Wildman–Crippen LogP) is 2.29. The first-order valence-electron chi connectivity index (χ1n) is 9.27. The van der Waals surface area contributed by atoms with Gasteiger partial charge in [0.2, 0.25) is 15.9 Å². The van der Waals surface area contributed by atoms with Crippen LogP contribution in [0.5, 0.6) is 0 Å². The maximum atomic E-state index is 12.9. The summed E-state index contributed by atoms with van der Waals surface area (Å²) >= 11 is 0. The number of hydrogen-bond acceptors (Lipinski definition) is 5. The molecule has 0 aliphatic carbocycles. The quantitative estimate of drug-likeness (QED) is 0.549. The number of non-ortho nitro benzene ring substituents is 1. The highest BCUT2D eigenvalue weighted by atomic mass is 32.2. The SMILES string of the molecule is Cc1ccc(S(=O)(=O)N2CCN(C(=O)Cc3ccc([N+](=O)[O-])cc3)CC2)cc1C. The van der Waals surface area contributed by atoms with Crippen molar-refractivity contribution in [2.75, 3.05) is 26.2 Å². The monoisotopic (exact) mass is 417 g/mol. The highest BCUT2D eigenvalue weighted by molar-refractivity contribution is 7.89. The number of aryl methyl sites for hydroxylation is 2. The number of piperazine rings is 1. The third-order valence-electron chi connectivity index (χ3n) is 5.21. The molecule has 0 saturated carbocycles. The molecule has 0 radical (unpaired) electrons. The normalized spacial score (nSPS) is 15.3. The van der Waals surface area contributed by atoms with Gasteiger partial charge >= 0.3 is 0 Å². The molecule has 3 rings (SSSR count). The summed E-state index contributed by atoms with van der Waals surface area (Å²) in [6, 6.07) is 11.0. The second kappa shape index (κ2) is 8.30. The van der Waals surface area contributed by atoms with E-state index in [-0.39, 0.29) is 36.0 Å². The number of rotatable bonds is 5. The highest BCUT2D eigenvalue weighted by Crippen LogP contribution is 2.21. The Labute approximate surface area is 169 Å². The lowest BCUT2D eigenvalue weighted by Gasteiger charge is -2.34. The zero-order chi connectivity index (χ0) is 21.2. The Bertz CT molecular complexity index is 1030. The number of sulfonamides is 1. The minimum atomic E-state index is -3.59. The van der Waals surface area contributed by atoms with Crippen LogP contribution in [0.1, 0.15) is 16.7 Å². The molecule has 0 N–H and O–H groups in total. The molecule has 1 saturated heterocycles.